The molecule has 1 aromatic heterocycles. The molecule has 1 aliphatic heterocycles. The highest BCUT2D eigenvalue weighted by Gasteiger charge is 2.36. The summed E-state index contributed by atoms with van der Waals surface area (Å²) in [4.78, 5) is 14.3. The van der Waals surface area contributed by atoms with Gasteiger partial charge in [-0.25, -0.2) is 0 Å². The summed E-state index contributed by atoms with van der Waals surface area (Å²) in [7, 11) is 1.67. The van der Waals surface area contributed by atoms with E-state index in [4.69, 9.17) is 4.74 Å². The Morgan fingerprint density at radius 2 is 2.08 bits per heavy atom. The fraction of sp³-hybridized carbons (Fsp3) is 0.500. The summed E-state index contributed by atoms with van der Waals surface area (Å²) < 4.78 is 7.06. The van der Waals surface area contributed by atoms with E-state index in [1.54, 1.807) is 13.4 Å². The largest absolute Gasteiger partial charge is 0.383 e. The summed E-state index contributed by atoms with van der Waals surface area (Å²) in [5.41, 5.74) is 1.26. The molecule has 1 fully saturated rings. The number of methoxy groups -OCH3 is 1. The third kappa shape index (κ3) is 3.48. The lowest BCUT2D eigenvalue weighted by molar-refractivity contribution is -0.136. The van der Waals surface area contributed by atoms with Gasteiger partial charge in [-0.2, -0.15) is 0 Å². The van der Waals surface area contributed by atoms with Crippen molar-refractivity contribution in [2.24, 2.45) is 0 Å². The molecule has 24 heavy (non-hydrogen) atoms. The molecule has 0 radical (unpaired) electrons. The molecule has 6 nitrogen and oxygen atoms in total. The van der Waals surface area contributed by atoms with Gasteiger partial charge in [-0.3, -0.25) is 4.79 Å². The Hall–Kier alpha value is -2.21. The predicted molar refractivity (Wildman–Crippen MR) is 90.3 cm³/mol. The van der Waals surface area contributed by atoms with E-state index in [1.807, 2.05) is 15.5 Å². The standard InChI is InChI=1S/C18H24N4O2/c1-18(15-6-4-3-5-7-15)9-8-17(23)22(13-18)12-16-20-19-14-21(16)10-11-24-2/h3-7,14H,8-13H2,1-2H3/t18-/m1/s1. The Labute approximate surface area is 142 Å². The van der Waals surface area contributed by atoms with Gasteiger partial charge in [0.05, 0.1) is 13.2 Å². The topological polar surface area (TPSA) is 60.2 Å². The van der Waals surface area contributed by atoms with Crippen LogP contribution in [0.4, 0.5) is 0 Å². The van der Waals surface area contributed by atoms with Gasteiger partial charge in [-0.05, 0) is 12.0 Å². The lowest BCUT2D eigenvalue weighted by Crippen LogP contribution is -2.47. The molecule has 1 saturated heterocycles. The molecule has 0 N–H and O–H groups in total. The first kappa shape index (κ1) is 16.6. The van der Waals surface area contributed by atoms with Crippen molar-refractivity contribution in [1.29, 1.82) is 0 Å². The minimum atomic E-state index is -0.0213. The van der Waals surface area contributed by atoms with Crippen molar-refractivity contribution in [2.75, 3.05) is 20.3 Å². The van der Waals surface area contributed by atoms with Gasteiger partial charge in [0.2, 0.25) is 5.91 Å². The second kappa shape index (κ2) is 7.13. The first-order chi connectivity index (χ1) is 11.6. The number of piperidine rings is 1. The van der Waals surface area contributed by atoms with Crippen molar-refractivity contribution < 1.29 is 9.53 Å². The highest BCUT2D eigenvalue weighted by Crippen LogP contribution is 2.34. The third-order valence-electron chi connectivity index (χ3n) is 4.82. The average Bonchev–Trinajstić information content (AvgIpc) is 3.04. The number of aromatic nitrogens is 3. The maximum atomic E-state index is 12.4. The van der Waals surface area contributed by atoms with Crippen LogP contribution in [0.2, 0.25) is 0 Å². The number of likely N-dealkylation sites (tertiary alicyclic amines) is 1. The number of nitrogens with zero attached hydrogens (tertiary/aromatic N) is 4. The summed E-state index contributed by atoms with van der Waals surface area (Å²) >= 11 is 0. The lowest BCUT2D eigenvalue weighted by atomic mass is 9.75. The van der Waals surface area contributed by atoms with E-state index < -0.39 is 0 Å². The minimum Gasteiger partial charge on any atom is -0.383 e. The molecule has 128 valence electrons. The zero-order valence-corrected chi connectivity index (χ0v) is 14.3. The summed E-state index contributed by atoms with van der Waals surface area (Å²) in [6.45, 7) is 4.72. The van der Waals surface area contributed by atoms with Crippen LogP contribution in [-0.4, -0.2) is 45.8 Å². The van der Waals surface area contributed by atoms with E-state index in [2.05, 4.69) is 41.4 Å². The second-order valence-electron chi connectivity index (χ2n) is 6.61. The van der Waals surface area contributed by atoms with Gasteiger partial charge in [0.25, 0.3) is 0 Å². The van der Waals surface area contributed by atoms with Crippen LogP contribution < -0.4 is 0 Å². The maximum Gasteiger partial charge on any atom is 0.223 e. The molecule has 3 rings (SSSR count). The number of rotatable bonds is 6. The number of hydrogen-bond acceptors (Lipinski definition) is 4. The van der Waals surface area contributed by atoms with Gasteiger partial charge in [-0.1, -0.05) is 37.3 Å². The quantitative estimate of drug-likeness (QED) is 0.814. The van der Waals surface area contributed by atoms with E-state index in [0.717, 1.165) is 12.2 Å². The number of amides is 1. The number of carbonyl (C=O) groups is 1. The molecule has 2 aromatic rings. The van der Waals surface area contributed by atoms with Gasteiger partial charge in [0, 0.05) is 32.0 Å². The highest BCUT2D eigenvalue weighted by atomic mass is 16.5. The van der Waals surface area contributed by atoms with Gasteiger partial charge >= 0.3 is 0 Å². The smallest absolute Gasteiger partial charge is 0.223 e. The Morgan fingerprint density at radius 3 is 2.83 bits per heavy atom. The van der Waals surface area contributed by atoms with Crippen LogP contribution in [0.3, 0.4) is 0 Å². The summed E-state index contributed by atoms with van der Waals surface area (Å²) in [6, 6.07) is 10.4. The van der Waals surface area contributed by atoms with E-state index in [1.165, 1.54) is 5.56 Å². The fourth-order valence-electron chi connectivity index (χ4n) is 3.30. The summed E-state index contributed by atoms with van der Waals surface area (Å²) in [6.07, 6.45) is 3.14. The van der Waals surface area contributed by atoms with E-state index >= 15 is 0 Å². The Balaban J connectivity index is 1.75. The molecule has 1 amide bonds. The van der Waals surface area contributed by atoms with Gasteiger partial charge in [0.15, 0.2) is 5.82 Å². The van der Waals surface area contributed by atoms with Gasteiger partial charge < -0.3 is 14.2 Å². The number of carbonyl (C=O) groups excluding carboxylic acids is 1. The first-order valence-corrected chi connectivity index (χ1v) is 8.31. The molecule has 1 aliphatic rings. The molecule has 0 bridgehead atoms. The second-order valence-corrected chi connectivity index (χ2v) is 6.61. The SMILES string of the molecule is COCCn1cnnc1CN1C[C@](C)(c2ccccc2)CCC1=O. The van der Waals surface area contributed by atoms with Crippen molar-refractivity contribution in [1.82, 2.24) is 19.7 Å². The van der Waals surface area contributed by atoms with Gasteiger partial charge in [-0.15, -0.1) is 10.2 Å². The predicted octanol–water partition coefficient (Wildman–Crippen LogP) is 2.00. The Kier molecular flexibility index (Phi) is 4.94. The van der Waals surface area contributed by atoms with Crippen LogP contribution in [-0.2, 0) is 28.0 Å². The molecule has 0 saturated carbocycles. The average molecular weight is 328 g/mol. The van der Waals surface area contributed by atoms with Crippen LogP contribution >= 0.6 is 0 Å². The molecule has 0 spiro atoms. The van der Waals surface area contributed by atoms with Crippen molar-refractivity contribution in [2.45, 2.75) is 38.3 Å². The maximum absolute atomic E-state index is 12.4. The zero-order chi connectivity index (χ0) is 17.0. The molecule has 1 atom stereocenters. The Morgan fingerprint density at radius 1 is 1.29 bits per heavy atom. The van der Waals surface area contributed by atoms with Crippen molar-refractivity contribution >= 4 is 5.91 Å². The third-order valence-corrected chi connectivity index (χ3v) is 4.82. The van der Waals surface area contributed by atoms with Crippen molar-refractivity contribution in [3.63, 3.8) is 0 Å². The molecule has 2 heterocycles. The number of benzene rings is 1. The molecule has 6 heteroatoms. The first-order valence-electron chi connectivity index (χ1n) is 8.31. The molecular weight excluding hydrogens is 304 g/mol. The Bertz CT molecular complexity index is 685. The normalized spacial score (nSPS) is 21.2. The van der Waals surface area contributed by atoms with Crippen molar-refractivity contribution in [3.05, 3.63) is 48.0 Å². The van der Waals surface area contributed by atoms with E-state index in [-0.39, 0.29) is 11.3 Å². The van der Waals surface area contributed by atoms with Crippen LogP contribution in [0.5, 0.6) is 0 Å². The van der Waals surface area contributed by atoms with Crippen LogP contribution in [0.25, 0.3) is 0 Å². The highest BCUT2D eigenvalue weighted by molar-refractivity contribution is 5.77. The monoisotopic (exact) mass is 328 g/mol. The van der Waals surface area contributed by atoms with Crippen LogP contribution in [0.15, 0.2) is 36.7 Å². The fourth-order valence-corrected chi connectivity index (χ4v) is 3.30. The van der Waals surface area contributed by atoms with Gasteiger partial charge in [0.1, 0.15) is 6.33 Å². The molecular formula is C18H24N4O2. The van der Waals surface area contributed by atoms with Crippen molar-refractivity contribution in [3.8, 4) is 0 Å². The lowest BCUT2D eigenvalue weighted by Gasteiger charge is -2.40. The minimum absolute atomic E-state index is 0.0213. The zero-order valence-electron chi connectivity index (χ0n) is 14.3. The summed E-state index contributed by atoms with van der Waals surface area (Å²) in [5, 5.41) is 8.16. The number of hydrogen-bond donors (Lipinski definition) is 0. The molecule has 0 aliphatic carbocycles. The summed E-state index contributed by atoms with van der Waals surface area (Å²) in [5.74, 6) is 0.988. The molecule has 0 unspecified atom stereocenters. The number of ether oxygens (including phenoxy) is 1. The molecule has 1 aromatic carbocycles. The van der Waals surface area contributed by atoms with E-state index in [9.17, 15) is 4.79 Å². The van der Waals surface area contributed by atoms with Crippen LogP contribution in [0.1, 0.15) is 31.2 Å². The van der Waals surface area contributed by atoms with Crippen LogP contribution in [0, 0.1) is 0 Å². The van der Waals surface area contributed by atoms with E-state index in [0.29, 0.717) is 32.7 Å².